The molecule has 0 aromatic heterocycles. The Labute approximate surface area is 136 Å². The molecule has 0 spiro atoms. The number of aryl methyl sites for hydroxylation is 1. The van der Waals surface area contributed by atoms with E-state index in [1.165, 1.54) is 0 Å². The van der Waals surface area contributed by atoms with Crippen molar-refractivity contribution in [1.29, 1.82) is 0 Å². The summed E-state index contributed by atoms with van der Waals surface area (Å²) in [5.41, 5.74) is 2.61. The number of rotatable bonds is 3. The molecule has 0 atom stereocenters. The Morgan fingerprint density at radius 3 is 2.60 bits per heavy atom. The molecule has 0 bridgehead atoms. The molecule has 0 fully saturated rings. The van der Waals surface area contributed by atoms with E-state index in [-0.39, 0.29) is 12.3 Å². The van der Waals surface area contributed by atoms with Gasteiger partial charge in [0, 0.05) is 20.2 Å². The van der Waals surface area contributed by atoms with Gasteiger partial charge < -0.3 is 5.32 Å². The summed E-state index contributed by atoms with van der Waals surface area (Å²) in [5.74, 6) is -0.120. The maximum atomic E-state index is 12.0. The molecular weight excluding hydrogens is 361 g/mol. The lowest BCUT2D eigenvalue weighted by Crippen LogP contribution is -2.14. The van der Waals surface area contributed by atoms with E-state index in [0.717, 1.165) is 21.3 Å². The SMILES string of the molecule is Cc1ccc(NC(=O)Cc2ccc(Cl)cc2Cl)cc1Br. The summed E-state index contributed by atoms with van der Waals surface area (Å²) in [6, 6.07) is 10.8. The lowest BCUT2D eigenvalue weighted by molar-refractivity contribution is -0.115. The van der Waals surface area contributed by atoms with Gasteiger partial charge in [0.25, 0.3) is 0 Å². The van der Waals surface area contributed by atoms with Crippen molar-refractivity contribution in [3.8, 4) is 0 Å². The number of halogens is 3. The van der Waals surface area contributed by atoms with Crippen molar-refractivity contribution in [3.63, 3.8) is 0 Å². The Balaban J connectivity index is 2.07. The molecular formula is C15H12BrCl2NO. The number of carbonyl (C=O) groups is 1. The smallest absolute Gasteiger partial charge is 0.228 e. The summed E-state index contributed by atoms with van der Waals surface area (Å²) in [6.07, 6.45) is 0.210. The third kappa shape index (κ3) is 3.98. The topological polar surface area (TPSA) is 29.1 Å². The molecule has 0 saturated heterocycles. The molecule has 0 aliphatic carbocycles. The average molecular weight is 373 g/mol. The Kier molecular flexibility index (Phi) is 5.08. The summed E-state index contributed by atoms with van der Waals surface area (Å²) < 4.78 is 0.958. The van der Waals surface area contributed by atoms with Crippen molar-refractivity contribution in [2.45, 2.75) is 13.3 Å². The molecule has 0 heterocycles. The van der Waals surface area contributed by atoms with E-state index in [9.17, 15) is 4.79 Å². The summed E-state index contributed by atoms with van der Waals surface area (Å²) >= 11 is 15.3. The van der Waals surface area contributed by atoms with Crippen LogP contribution in [0.4, 0.5) is 5.69 Å². The van der Waals surface area contributed by atoms with Crippen LogP contribution in [0.2, 0.25) is 10.0 Å². The second-order valence-electron chi connectivity index (χ2n) is 4.42. The lowest BCUT2D eigenvalue weighted by Gasteiger charge is -2.08. The van der Waals surface area contributed by atoms with Gasteiger partial charge >= 0.3 is 0 Å². The van der Waals surface area contributed by atoms with Gasteiger partial charge in [0.2, 0.25) is 5.91 Å². The average Bonchev–Trinajstić information content (AvgIpc) is 2.37. The van der Waals surface area contributed by atoms with Crippen molar-refractivity contribution in [2.75, 3.05) is 5.32 Å². The van der Waals surface area contributed by atoms with Gasteiger partial charge in [-0.2, -0.15) is 0 Å². The fraction of sp³-hybridized carbons (Fsp3) is 0.133. The standard InChI is InChI=1S/C15H12BrCl2NO/c1-9-2-5-12(8-13(9)16)19-15(20)6-10-3-4-11(17)7-14(10)18/h2-5,7-8H,6H2,1H3,(H,19,20). The summed E-state index contributed by atoms with van der Waals surface area (Å²) in [4.78, 5) is 12.0. The predicted octanol–water partition coefficient (Wildman–Crippen LogP) is 5.25. The zero-order valence-corrected chi connectivity index (χ0v) is 13.8. The van der Waals surface area contributed by atoms with Gasteiger partial charge in [0.05, 0.1) is 6.42 Å². The molecule has 2 rings (SSSR count). The highest BCUT2D eigenvalue weighted by Gasteiger charge is 2.08. The highest BCUT2D eigenvalue weighted by Crippen LogP contribution is 2.23. The number of amides is 1. The molecule has 1 amide bonds. The van der Waals surface area contributed by atoms with Gasteiger partial charge in [-0.15, -0.1) is 0 Å². The van der Waals surface area contributed by atoms with Crippen LogP contribution >= 0.6 is 39.1 Å². The minimum Gasteiger partial charge on any atom is -0.326 e. The minimum atomic E-state index is -0.120. The highest BCUT2D eigenvalue weighted by molar-refractivity contribution is 9.10. The molecule has 2 aromatic rings. The van der Waals surface area contributed by atoms with Crippen LogP contribution in [0.5, 0.6) is 0 Å². The number of hydrogen-bond acceptors (Lipinski definition) is 1. The summed E-state index contributed by atoms with van der Waals surface area (Å²) in [7, 11) is 0. The lowest BCUT2D eigenvalue weighted by atomic mass is 10.1. The zero-order valence-electron chi connectivity index (χ0n) is 10.7. The third-order valence-corrected chi connectivity index (χ3v) is 4.26. The first-order valence-electron chi connectivity index (χ1n) is 5.95. The summed E-state index contributed by atoms with van der Waals surface area (Å²) in [5, 5.41) is 3.89. The van der Waals surface area contributed by atoms with Crippen molar-refractivity contribution >= 4 is 50.7 Å². The highest BCUT2D eigenvalue weighted by atomic mass is 79.9. The molecule has 0 radical (unpaired) electrons. The number of hydrogen-bond donors (Lipinski definition) is 1. The van der Waals surface area contributed by atoms with Crippen molar-refractivity contribution < 1.29 is 4.79 Å². The quantitative estimate of drug-likeness (QED) is 0.783. The van der Waals surface area contributed by atoms with Crippen molar-refractivity contribution in [3.05, 3.63) is 62.0 Å². The number of nitrogens with one attached hydrogen (secondary N) is 1. The second-order valence-corrected chi connectivity index (χ2v) is 6.12. The van der Waals surface area contributed by atoms with Gasteiger partial charge in [-0.3, -0.25) is 4.79 Å². The fourth-order valence-corrected chi connectivity index (χ4v) is 2.57. The van der Waals surface area contributed by atoms with E-state index in [0.29, 0.717) is 10.0 Å². The van der Waals surface area contributed by atoms with Crippen LogP contribution in [0.1, 0.15) is 11.1 Å². The van der Waals surface area contributed by atoms with E-state index >= 15 is 0 Å². The monoisotopic (exact) mass is 371 g/mol. The molecule has 2 nitrogen and oxygen atoms in total. The van der Waals surface area contributed by atoms with E-state index in [2.05, 4.69) is 21.2 Å². The molecule has 104 valence electrons. The molecule has 0 aliphatic heterocycles. The Bertz CT molecular complexity index is 658. The Hall–Kier alpha value is -1.03. The van der Waals surface area contributed by atoms with Crippen LogP contribution in [0.25, 0.3) is 0 Å². The Morgan fingerprint density at radius 2 is 1.95 bits per heavy atom. The van der Waals surface area contributed by atoms with E-state index in [1.54, 1.807) is 18.2 Å². The first kappa shape index (κ1) is 15.4. The maximum Gasteiger partial charge on any atom is 0.228 e. The van der Waals surface area contributed by atoms with Gasteiger partial charge in [0.1, 0.15) is 0 Å². The van der Waals surface area contributed by atoms with E-state index < -0.39 is 0 Å². The third-order valence-electron chi connectivity index (χ3n) is 2.82. The van der Waals surface area contributed by atoms with Crippen LogP contribution in [-0.4, -0.2) is 5.91 Å². The van der Waals surface area contributed by atoms with E-state index in [1.807, 2.05) is 25.1 Å². The molecule has 0 aliphatic rings. The molecule has 0 saturated carbocycles. The molecule has 2 aromatic carbocycles. The maximum absolute atomic E-state index is 12.0. The van der Waals surface area contributed by atoms with Crippen LogP contribution in [0.15, 0.2) is 40.9 Å². The first-order chi connectivity index (χ1) is 9.45. The van der Waals surface area contributed by atoms with Gasteiger partial charge in [-0.25, -0.2) is 0 Å². The molecule has 0 unspecified atom stereocenters. The van der Waals surface area contributed by atoms with Crippen molar-refractivity contribution in [2.24, 2.45) is 0 Å². The molecule has 20 heavy (non-hydrogen) atoms. The van der Waals surface area contributed by atoms with Crippen LogP contribution in [-0.2, 0) is 11.2 Å². The summed E-state index contributed by atoms with van der Waals surface area (Å²) in [6.45, 7) is 1.99. The van der Waals surface area contributed by atoms with Gasteiger partial charge in [-0.1, -0.05) is 51.3 Å². The number of carbonyl (C=O) groups excluding carboxylic acids is 1. The number of benzene rings is 2. The largest absolute Gasteiger partial charge is 0.326 e. The molecule has 1 N–H and O–H groups in total. The number of anilines is 1. The minimum absolute atomic E-state index is 0.120. The van der Waals surface area contributed by atoms with Gasteiger partial charge in [0.15, 0.2) is 0 Å². The second kappa shape index (κ2) is 6.61. The van der Waals surface area contributed by atoms with Gasteiger partial charge in [-0.05, 0) is 42.3 Å². The van der Waals surface area contributed by atoms with E-state index in [4.69, 9.17) is 23.2 Å². The molecule has 5 heteroatoms. The van der Waals surface area contributed by atoms with Crippen LogP contribution in [0.3, 0.4) is 0 Å². The van der Waals surface area contributed by atoms with Crippen molar-refractivity contribution in [1.82, 2.24) is 0 Å². The fourth-order valence-electron chi connectivity index (χ4n) is 1.71. The Morgan fingerprint density at radius 1 is 1.20 bits per heavy atom. The normalized spacial score (nSPS) is 10.4. The zero-order chi connectivity index (χ0) is 14.7. The first-order valence-corrected chi connectivity index (χ1v) is 7.50. The van der Waals surface area contributed by atoms with Crippen LogP contribution in [0, 0.1) is 6.92 Å². The van der Waals surface area contributed by atoms with Crippen LogP contribution < -0.4 is 5.32 Å². The predicted molar refractivity (Wildman–Crippen MR) is 87.7 cm³/mol.